The van der Waals surface area contributed by atoms with Crippen LogP contribution in [-0.4, -0.2) is 11.6 Å². The Morgan fingerprint density at radius 1 is 0.821 bits per heavy atom. The number of rotatable bonds is 10. The van der Waals surface area contributed by atoms with E-state index in [9.17, 15) is 0 Å². The van der Waals surface area contributed by atoms with E-state index in [-0.39, 0.29) is 0 Å². The normalized spacial score (nSPS) is 19.5. The maximum absolute atomic E-state index is 5.67. The molecule has 2 nitrogen and oxygen atoms in total. The van der Waals surface area contributed by atoms with Crippen molar-refractivity contribution in [3.63, 3.8) is 0 Å². The summed E-state index contributed by atoms with van der Waals surface area (Å²) in [7, 11) is 0. The van der Waals surface area contributed by atoms with Gasteiger partial charge in [-0.2, -0.15) is 0 Å². The molecule has 1 heterocycles. The zero-order valence-electron chi connectivity index (χ0n) is 17.8. The van der Waals surface area contributed by atoms with Gasteiger partial charge in [-0.05, 0) is 61.8 Å². The van der Waals surface area contributed by atoms with Gasteiger partial charge in [-0.25, -0.2) is 0 Å². The van der Waals surface area contributed by atoms with Crippen molar-refractivity contribution in [2.24, 2.45) is 5.92 Å². The molecule has 3 rings (SSSR count). The molecule has 0 bridgehead atoms. The molecule has 1 saturated carbocycles. The van der Waals surface area contributed by atoms with E-state index in [4.69, 9.17) is 9.72 Å². The van der Waals surface area contributed by atoms with Crippen LogP contribution in [0.25, 0.3) is 11.1 Å². The molecular weight excluding hydrogens is 342 g/mol. The highest BCUT2D eigenvalue weighted by molar-refractivity contribution is 5.63. The first kappa shape index (κ1) is 20.9. The molecule has 152 valence electrons. The van der Waals surface area contributed by atoms with Crippen LogP contribution < -0.4 is 4.74 Å². The maximum atomic E-state index is 5.67. The van der Waals surface area contributed by atoms with Crippen molar-refractivity contribution < 1.29 is 4.74 Å². The molecule has 0 aliphatic heterocycles. The molecule has 0 saturated heterocycles. The number of ether oxygens (including phenoxy) is 1. The van der Waals surface area contributed by atoms with Crippen molar-refractivity contribution in [2.45, 2.75) is 84.0 Å². The lowest BCUT2D eigenvalue weighted by atomic mass is 9.78. The third-order valence-electron chi connectivity index (χ3n) is 6.18. The van der Waals surface area contributed by atoms with Crippen molar-refractivity contribution >= 4 is 0 Å². The molecule has 0 N–H and O–H groups in total. The van der Waals surface area contributed by atoms with Crippen LogP contribution in [0.5, 0.6) is 5.75 Å². The number of benzene rings is 1. The van der Waals surface area contributed by atoms with Gasteiger partial charge in [0, 0.05) is 23.4 Å². The van der Waals surface area contributed by atoms with Crippen LogP contribution in [0, 0.1) is 5.92 Å². The molecule has 1 aromatic carbocycles. The van der Waals surface area contributed by atoms with E-state index in [0.717, 1.165) is 24.7 Å². The van der Waals surface area contributed by atoms with Gasteiger partial charge in [0.05, 0.1) is 6.61 Å². The van der Waals surface area contributed by atoms with Crippen LogP contribution in [0.1, 0.15) is 89.7 Å². The fraction of sp³-hybridized carbons (Fsp3) is 0.577. The van der Waals surface area contributed by atoms with E-state index in [1.165, 1.54) is 74.6 Å². The Balaban J connectivity index is 1.49. The van der Waals surface area contributed by atoms with Crippen LogP contribution in [0.2, 0.25) is 0 Å². The van der Waals surface area contributed by atoms with E-state index in [1.54, 1.807) is 0 Å². The minimum atomic E-state index is 0.658. The summed E-state index contributed by atoms with van der Waals surface area (Å²) in [4.78, 5) is 4.83. The van der Waals surface area contributed by atoms with Gasteiger partial charge in [0.1, 0.15) is 5.75 Å². The summed E-state index contributed by atoms with van der Waals surface area (Å²) < 4.78 is 5.67. The molecule has 1 fully saturated rings. The monoisotopic (exact) mass is 379 g/mol. The standard InChI is InChI=1S/C26H37NO/c1-3-5-6-7-8-21-9-11-23(12-10-21)26-18-15-24(20-27-26)22-13-16-25(17-14-22)28-19-4-2/h13-18,20-21,23H,3-12,19H2,1-2H3/t21-,23-. The Hall–Kier alpha value is -1.83. The zero-order chi connectivity index (χ0) is 19.6. The van der Waals surface area contributed by atoms with E-state index in [0.29, 0.717) is 5.92 Å². The summed E-state index contributed by atoms with van der Waals surface area (Å²) >= 11 is 0. The molecule has 2 heteroatoms. The predicted molar refractivity (Wildman–Crippen MR) is 119 cm³/mol. The van der Waals surface area contributed by atoms with Gasteiger partial charge in [-0.15, -0.1) is 0 Å². The summed E-state index contributed by atoms with van der Waals surface area (Å²) in [5.74, 6) is 2.56. The average molecular weight is 380 g/mol. The lowest BCUT2D eigenvalue weighted by molar-refractivity contribution is 0.299. The maximum Gasteiger partial charge on any atom is 0.119 e. The molecular formula is C26H37NO. The number of aromatic nitrogens is 1. The SMILES string of the molecule is CCCCCC[C@H]1CC[C@H](c2ccc(-c3ccc(OCCC)cc3)cn2)CC1. The van der Waals surface area contributed by atoms with E-state index >= 15 is 0 Å². The van der Waals surface area contributed by atoms with Crippen LogP contribution in [-0.2, 0) is 0 Å². The summed E-state index contributed by atoms with van der Waals surface area (Å²) in [5.41, 5.74) is 3.69. The van der Waals surface area contributed by atoms with Gasteiger partial charge in [0.25, 0.3) is 0 Å². The Bertz CT molecular complexity index is 669. The Morgan fingerprint density at radius 2 is 1.57 bits per heavy atom. The quantitative estimate of drug-likeness (QED) is 0.393. The summed E-state index contributed by atoms with van der Waals surface area (Å²) in [6.07, 6.45) is 15.5. The smallest absolute Gasteiger partial charge is 0.119 e. The lowest BCUT2D eigenvalue weighted by Gasteiger charge is -2.28. The first-order chi connectivity index (χ1) is 13.8. The Labute approximate surface area is 171 Å². The molecule has 1 aliphatic carbocycles. The minimum absolute atomic E-state index is 0.658. The van der Waals surface area contributed by atoms with Gasteiger partial charge >= 0.3 is 0 Å². The van der Waals surface area contributed by atoms with Crippen LogP contribution in [0.3, 0.4) is 0 Å². The molecule has 1 aliphatic rings. The fourth-order valence-corrected chi connectivity index (χ4v) is 4.39. The second-order valence-corrected chi connectivity index (χ2v) is 8.41. The summed E-state index contributed by atoms with van der Waals surface area (Å²) in [6, 6.07) is 12.9. The zero-order valence-corrected chi connectivity index (χ0v) is 17.8. The number of nitrogens with zero attached hydrogens (tertiary/aromatic N) is 1. The topological polar surface area (TPSA) is 22.1 Å². The molecule has 0 radical (unpaired) electrons. The molecule has 0 unspecified atom stereocenters. The first-order valence-corrected chi connectivity index (χ1v) is 11.5. The second kappa shape index (κ2) is 11.2. The number of unbranched alkanes of at least 4 members (excludes halogenated alkanes) is 3. The molecule has 2 aromatic rings. The van der Waals surface area contributed by atoms with Crippen LogP contribution in [0.15, 0.2) is 42.6 Å². The van der Waals surface area contributed by atoms with Crippen molar-refractivity contribution in [1.82, 2.24) is 4.98 Å². The van der Waals surface area contributed by atoms with E-state index in [2.05, 4.69) is 50.2 Å². The molecule has 28 heavy (non-hydrogen) atoms. The van der Waals surface area contributed by atoms with Crippen molar-refractivity contribution in [3.05, 3.63) is 48.3 Å². The molecule has 0 atom stereocenters. The Kier molecular flexibility index (Phi) is 8.39. The molecule has 0 spiro atoms. The van der Waals surface area contributed by atoms with Gasteiger partial charge in [0.15, 0.2) is 0 Å². The third-order valence-corrected chi connectivity index (χ3v) is 6.18. The highest BCUT2D eigenvalue weighted by atomic mass is 16.5. The average Bonchev–Trinajstić information content (AvgIpc) is 2.76. The highest BCUT2D eigenvalue weighted by Crippen LogP contribution is 2.37. The van der Waals surface area contributed by atoms with Crippen LogP contribution >= 0.6 is 0 Å². The van der Waals surface area contributed by atoms with Crippen molar-refractivity contribution in [3.8, 4) is 16.9 Å². The largest absolute Gasteiger partial charge is 0.494 e. The van der Waals surface area contributed by atoms with E-state index in [1.807, 2.05) is 6.20 Å². The van der Waals surface area contributed by atoms with E-state index < -0.39 is 0 Å². The van der Waals surface area contributed by atoms with Crippen molar-refractivity contribution in [2.75, 3.05) is 6.61 Å². The van der Waals surface area contributed by atoms with Gasteiger partial charge in [-0.3, -0.25) is 4.98 Å². The summed E-state index contributed by atoms with van der Waals surface area (Å²) in [5, 5.41) is 0. The third kappa shape index (κ3) is 6.09. The highest BCUT2D eigenvalue weighted by Gasteiger charge is 2.22. The number of pyridine rings is 1. The lowest BCUT2D eigenvalue weighted by Crippen LogP contribution is -2.14. The molecule has 0 amide bonds. The fourth-order valence-electron chi connectivity index (χ4n) is 4.39. The van der Waals surface area contributed by atoms with Crippen LogP contribution in [0.4, 0.5) is 0 Å². The van der Waals surface area contributed by atoms with Crippen molar-refractivity contribution in [1.29, 1.82) is 0 Å². The minimum Gasteiger partial charge on any atom is -0.494 e. The second-order valence-electron chi connectivity index (χ2n) is 8.41. The first-order valence-electron chi connectivity index (χ1n) is 11.5. The summed E-state index contributed by atoms with van der Waals surface area (Å²) in [6.45, 7) is 5.19. The Morgan fingerprint density at radius 3 is 2.21 bits per heavy atom. The van der Waals surface area contributed by atoms with Gasteiger partial charge < -0.3 is 4.74 Å². The number of hydrogen-bond donors (Lipinski definition) is 0. The number of hydrogen-bond acceptors (Lipinski definition) is 2. The predicted octanol–water partition coefficient (Wildman–Crippen LogP) is 7.78. The van der Waals surface area contributed by atoms with Gasteiger partial charge in [-0.1, -0.05) is 64.2 Å². The van der Waals surface area contributed by atoms with Gasteiger partial charge in [0.2, 0.25) is 0 Å². The molecule has 1 aromatic heterocycles.